The third kappa shape index (κ3) is 3.30. The molecule has 18 heavy (non-hydrogen) atoms. The molecule has 2 rings (SSSR count). The van der Waals surface area contributed by atoms with Crippen molar-refractivity contribution in [2.45, 2.75) is 12.5 Å². The van der Waals surface area contributed by atoms with Crippen LogP contribution in [0.2, 0.25) is 0 Å². The summed E-state index contributed by atoms with van der Waals surface area (Å²) in [7, 11) is 0. The highest BCUT2D eigenvalue weighted by Gasteiger charge is 2.26. The number of hydrogen-bond acceptors (Lipinski definition) is 3. The van der Waals surface area contributed by atoms with Crippen molar-refractivity contribution in [1.82, 2.24) is 10.2 Å². The van der Waals surface area contributed by atoms with Crippen LogP contribution in [0.25, 0.3) is 0 Å². The molecule has 0 bridgehead atoms. The molecule has 1 amide bonds. The van der Waals surface area contributed by atoms with E-state index >= 15 is 0 Å². The van der Waals surface area contributed by atoms with Gasteiger partial charge < -0.3 is 15.3 Å². The number of nitrogens with zero attached hydrogens (tertiary/aromatic N) is 1. The van der Waals surface area contributed by atoms with Crippen LogP contribution in [0.15, 0.2) is 30.3 Å². The minimum absolute atomic E-state index is 0.115. The lowest BCUT2D eigenvalue weighted by Gasteiger charge is -2.32. The average Bonchev–Trinajstić information content (AvgIpc) is 2.34. The second kappa shape index (κ2) is 5.64. The Balaban J connectivity index is 1.95. The number of carbonyl (C=O) groups excluding carboxylic acids is 1. The number of carboxylic acids is 1. The number of rotatable bonds is 4. The average molecular weight is 248 g/mol. The Labute approximate surface area is 105 Å². The van der Waals surface area contributed by atoms with E-state index < -0.39 is 5.97 Å². The Morgan fingerprint density at radius 1 is 1.39 bits per heavy atom. The number of aliphatic carboxylic acids is 1. The summed E-state index contributed by atoms with van der Waals surface area (Å²) in [4.78, 5) is 23.6. The van der Waals surface area contributed by atoms with Crippen LogP contribution in [0.4, 0.5) is 0 Å². The van der Waals surface area contributed by atoms with Crippen LogP contribution < -0.4 is 5.32 Å². The van der Waals surface area contributed by atoms with Crippen molar-refractivity contribution in [2.24, 2.45) is 0 Å². The van der Waals surface area contributed by atoms with Crippen LogP contribution in [0, 0.1) is 0 Å². The molecule has 5 heteroatoms. The molecule has 1 heterocycles. The first-order valence-corrected chi connectivity index (χ1v) is 5.92. The summed E-state index contributed by atoms with van der Waals surface area (Å²) in [5, 5.41) is 11.9. The molecule has 0 radical (unpaired) electrons. The molecular weight excluding hydrogens is 232 g/mol. The van der Waals surface area contributed by atoms with Crippen molar-refractivity contribution in [3.63, 3.8) is 0 Å². The van der Waals surface area contributed by atoms with Crippen molar-refractivity contribution in [2.75, 3.05) is 19.6 Å². The van der Waals surface area contributed by atoms with Crippen LogP contribution in [-0.2, 0) is 16.0 Å². The molecule has 1 saturated heterocycles. The summed E-state index contributed by atoms with van der Waals surface area (Å²) in [6.45, 7) is 0.441. The van der Waals surface area contributed by atoms with Crippen LogP contribution in [-0.4, -0.2) is 47.6 Å². The van der Waals surface area contributed by atoms with E-state index in [9.17, 15) is 9.59 Å². The molecule has 2 N–H and O–H groups in total. The van der Waals surface area contributed by atoms with Crippen LogP contribution in [0.3, 0.4) is 0 Å². The topological polar surface area (TPSA) is 69.6 Å². The van der Waals surface area contributed by atoms with Crippen LogP contribution >= 0.6 is 0 Å². The number of amides is 1. The number of hydrogen-bond donors (Lipinski definition) is 2. The molecule has 96 valence electrons. The van der Waals surface area contributed by atoms with Gasteiger partial charge in [0.05, 0.1) is 6.54 Å². The maximum atomic E-state index is 11.5. The number of carbonyl (C=O) groups is 2. The van der Waals surface area contributed by atoms with Gasteiger partial charge in [-0.3, -0.25) is 9.59 Å². The highest BCUT2D eigenvalue weighted by molar-refractivity contribution is 5.83. The minimum atomic E-state index is -0.969. The van der Waals surface area contributed by atoms with Gasteiger partial charge in [-0.2, -0.15) is 0 Å². The minimum Gasteiger partial charge on any atom is -0.480 e. The van der Waals surface area contributed by atoms with Gasteiger partial charge in [0.2, 0.25) is 5.91 Å². The normalized spacial score (nSPS) is 19.9. The van der Waals surface area contributed by atoms with Crippen LogP contribution in [0.5, 0.6) is 0 Å². The van der Waals surface area contributed by atoms with Gasteiger partial charge in [-0.1, -0.05) is 30.3 Å². The molecular formula is C13H16N2O3. The summed E-state index contributed by atoms with van der Waals surface area (Å²) in [5.74, 6) is -1.12. The smallest absolute Gasteiger partial charge is 0.323 e. The molecule has 1 aliphatic heterocycles. The Kier molecular flexibility index (Phi) is 3.94. The van der Waals surface area contributed by atoms with Gasteiger partial charge in [0.15, 0.2) is 0 Å². The highest BCUT2D eigenvalue weighted by Crippen LogP contribution is 2.08. The van der Waals surface area contributed by atoms with E-state index in [4.69, 9.17) is 5.11 Å². The highest BCUT2D eigenvalue weighted by atomic mass is 16.4. The number of piperazine rings is 1. The maximum absolute atomic E-state index is 11.5. The summed E-state index contributed by atoms with van der Waals surface area (Å²) in [6, 6.07) is 10.1. The zero-order valence-corrected chi connectivity index (χ0v) is 10.0. The third-order valence-electron chi connectivity index (χ3n) is 2.99. The van der Waals surface area contributed by atoms with Crippen molar-refractivity contribution >= 4 is 11.9 Å². The van der Waals surface area contributed by atoms with Gasteiger partial charge in [-0.25, -0.2) is 0 Å². The van der Waals surface area contributed by atoms with Gasteiger partial charge in [-0.15, -0.1) is 0 Å². The monoisotopic (exact) mass is 248 g/mol. The fourth-order valence-electron chi connectivity index (χ4n) is 2.13. The predicted octanol–water partition coefficient (Wildman–Crippen LogP) is 0.114. The molecule has 5 nitrogen and oxygen atoms in total. The first kappa shape index (κ1) is 12.6. The second-order valence-electron chi connectivity index (χ2n) is 4.44. The molecule has 0 aromatic heterocycles. The van der Waals surface area contributed by atoms with E-state index in [1.165, 1.54) is 10.5 Å². The lowest BCUT2D eigenvalue weighted by molar-refractivity contribution is -0.145. The van der Waals surface area contributed by atoms with Gasteiger partial charge >= 0.3 is 5.97 Å². The van der Waals surface area contributed by atoms with Gasteiger partial charge in [-0.05, 0) is 12.0 Å². The molecule has 0 spiro atoms. The zero-order valence-electron chi connectivity index (χ0n) is 10.0. The Morgan fingerprint density at radius 3 is 2.78 bits per heavy atom. The van der Waals surface area contributed by atoms with Crippen molar-refractivity contribution in [3.05, 3.63) is 35.9 Å². The molecule has 0 unspecified atom stereocenters. The van der Waals surface area contributed by atoms with Gasteiger partial charge in [0.25, 0.3) is 0 Å². The van der Waals surface area contributed by atoms with E-state index in [1.54, 1.807) is 0 Å². The fourth-order valence-corrected chi connectivity index (χ4v) is 2.13. The van der Waals surface area contributed by atoms with E-state index in [0.29, 0.717) is 6.54 Å². The van der Waals surface area contributed by atoms with E-state index in [-0.39, 0.29) is 25.0 Å². The van der Waals surface area contributed by atoms with E-state index in [0.717, 1.165) is 6.42 Å². The molecule has 1 aromatic rings. The number of benzene rings is 1. The zero-order chi connectivity index (χ0) is 13.0. The third-order valence-corrected chi connectivity index (χ3v) is 2.99. The molecule has 1 aromatic carbocycles. The van der Waals surface area contributed by atoms with Crippen LogP contribution in [0.1, 0.15) is 5.56 Å². The van der Waals surface area contributed by atoms with E-state index in [2.05, 4.69) is 5.32 Å². The molecule has 0 saturated carbocycles. The predicted molar refractivity (Wildman–Crippen MR) is 66.2 cm³/mol. The number of carboxylic acid groups (broad SMARTS) is 1. The molecule has 1 aliphatic rings. The molecule has 0 aliphatic carbocycles. The standard InChI is InChI=1S/C13H16N2O3/c16-12-7-14-11(8-15(12)9-13(17)18)6-10-4-2-1-3-5-10/h1-5,11,14H,6-9H2,(H,17,18)/t11-/m0/s1. The van der Waals surface area contributed by atoms with E-state index in [1.807, 2.05) is 30.3 Å². The Bertz CT molecular complexity index is 433. The fraction of sp³-hybridized carbons (Fsp3) is 0.385. The Morgan fingerprint density at radius 2 is 2.11 bits per heavy atom. The maximum Gasteiger partial charge on any atom is 0.323 e. The lowest BCUT2D eigenvalue weighted by Crippen LogP contribution is -2.55. The number of nitrogens with one attached hydrogen (secondary N) is 1. The summed E-state index contributed by atoms with van der Waals surface area (Å²) >= 11 is 0. The van der Waals surface area contributed by atoms with Crippen molar-refractivity contribution in [3.8, 4) is 0 Å². The molecule has 1 fully saturated rings. The lowest BCUT2D eigenvalue weighted by atomic mass is 10.0. The summed E-state index contributed by atoms with van der Waals surface area (Å²) in [5.41, 5.74) is 1.18. The molecule has 1 atom stereocenters. The van der Waals surface area contributed by atoms with Crippen molar-refractivity contribution in [1.29, 1.82) is 0 Å². The largest absolute Gasteiger partial charge is 0.480 e. The first-order valence-electron chi connectivity index (χ1n) is 5.92. The first-order chi connectivity index (χ1) is 8.65. The summed E-state index contributed by atoms with van der Waals surface area (Å²) < 4.78 is 0. The van der Waals surface area contributed by atoms with Gasteiger partial charge in [0, 0.05) is 12.6 Å². The second-order valence-corrected chi connectivity index (χ2v) is 4.44. The van der Waals surface area contributed by atoms with Crippen molar-refractivity contribution < 1.29 is 14.7 Å². The Hall–Kier alpha value is -1.88. The summed E-state index contributed by atoms with van der Waals surface area (Å²) in [6.07, 6.45) is 0.796. The quantitative estimate of drug-likeness (QED) is 0.793. The van der Waals surface area contributed by atoms with Gasteiger partial charge in [0.1, 0.15) is 6.54 Å². The SMILES string of the molecule is O=C(O)CN1C[C@H](Cc2ccccc2)NCC1=O.